The minimum Gasteiger partial charge on any atom is -0.469 e. The Morgan fingerprint density at radius 2 is 1.15 bits per heavy atom. The Kier molecular flexibility index (Phi) is 13.9. The quantitative estimate of drug-likeness (QED) is 0.0721. The molecule has 4 unspecified atom stereocenters. The van der Waals surface area contributed by atoms with Crippen molar-refractivity contribution in [3.05, 3.63) is 139 Å². The summed E-state index contributed by atoms with van der Waals surface area (Å²) < 4.78 is 172. The number of carbonyl (C=O) groups is 3. The number of nitrogens with zero attached hydrogens (tertiary/aromatic N) is 3. The number of rotatable bonds is 10. The third-order valence-corrected chi connectivity index (χ3v) is 14.3. The summed E-state index contributed by atoms with van der Waals surface area (Å²) in [7, 11) is 1.18. The molecular weight excluding hydrogens is 1000 g/mol. The molecule has 22 heteroatoms. The van der Waals surface area contributed by atoms with E-state index in [1.807, 2.05) is 13.8 Å². The lowest BCUT2D eigenvalue weighted by Crippen LogP contribution is -2.40. The van der Waals surface area contributed by atoms with Crippen molar-refractivity contribution in [3.8, 4) is 0 Å². The van der Waals surface area contributed by atoms with Crippen LogP contribution < -0.4 is 5.32 Å². The van der Waals surface area contributed by atoms with E-state index in [2.05, 4.69) is 15.3 Å². The highest BCUT2D eigenvalue weighted by molar-refractivity contribution is 6.23. The minimum absolute atomic E-state index is 0.0110. The molecule has 5 aromatic rings. The van der Waals surface area contributed by atoms with Gasteiger partial charge in [0.25, 0.3) is 11.8 Å². The molecule has 3 N–H and O–H groups in total. The van der Waals surface area contributed by atoms with Crippen molar-refractivity contribution in [2.75, 3.05) is 7.11 Å². The van der Waals surface area contributed by atoms with Crippen LogP contribution in [0.15, 0.2) is 54.6 Å². The van der Waals surface area contributed by atoms with E-state index in [9.17, 15) is 62.3 Å². The third kappa shape index (κ3) is 10.1. The fraction of sp³-hybridized carbons (Fsp3) is 0.404. The van der Waals surface area contributed by atoms with Gasteiger partial charge < -0.3 is 20.0 Å². The SMILES string of the molecule is CCC1c2cc3[nH]c4c(c5nc(cc6[nH]c(cc(n2)C1C)c(C(C)NCc1cc(C(F)(F)F)cc(C(F)(F)F)c1)c6C)C(C)[C@@H]5CCC(=O)OC)C(=O)N(Cc1cc(C(F)(F)F)cc(C(F)(F)F)c1)C(=O)c4c3C. The molecule has 2 amide bonds. The molecule has 8 rings (SSSR count). The zero-order valence-electron chi connectivity index (χ0n) is 40.6. The number of esters is 1. The van der Waals surface area contributed by atoms with Gasteiger partial charge in [-0.25, -0.2) is 0 Å². The number of aromatic nitrogens is 4. The number of benzene rings is 2. The van der Waals surface area contributed by atoms with E-state index in [-0.39, 0.29) is 70.3 Å². The summed E-state index contributed by atoms with van der Waals surface area (Å²) in [6, 6.07) is 6.58. The molecule has 0 fully saturated rings. The maximum atomic E-state index is 15.1. The molecule has 0 aliphatic carbocycles. The van der Waals surface area contributed by atoms with Crippen molar-refractivity contribution in [1.82, 2.24) is 30.2 Å². The van der Waals surface area contributed by atoms with E-state index in [1.165, 1.54) is 7.11 Å². The molecule has 3 aliphatic heterocycles. The van der Waals surface area contributed by atoms with Crippen molar-refractivity contribution >= 4 is 39.9 Å². The minimum atomic E-state index is -5.24. The highest BCUT2D eigenvalue weighted by Crippen LogP contribution is 2.46. The molecule has 2 aromatic carbocycles. The van der Waals surface area contributed by atoms with E-state index < -0.39 is 101 Å². The van der Waals surface area contributed by atoms with Crippen LogP contribution in [0.5, 0.6) is 0 Å². The number of aryl methyl sites for hydroxylation is 2. The number of halogens is 12. The van der Waals surface area contributed by atoms with E-state index in [1.54, 1.807) is 45.9 Å². The Morgan fingerprint density at radius 1 is 0.662 bits per heavy atom. The van der Waals surface area contributed by atoms with Crippen LogP contribution in [0.25, 0.3) is 22.1 Å². The Bertz CT molecular complexity index is 3200. The number of alkyl halides is 12. The van der Waals surface area contributed by atoms with Crippen LogP contribution in [0.2, 0.25) is 0 Å². The van der Waals surface area contributed by atoms with Gasteiger partial charge in [0, 0.05) is 76.3 Å². The van der Waals surface area contributed by atoms with Crippen LogP contribution in [0.1, 0.15) is 170 Å². The summed E-state index contributed by atoms with van der Waals surface area (Å²) in [4.78, 5) is 59.7. The molecule has 8 bridgehead atoms. The molecule has 3 aromatic heterocycles. The lowest BCUT2D eigenvalue weighted by atomic mass is 9.84. The van der Waals surface area contributed by atoms with Gasteiger partial charge in [-0.1, -0.05) is 20.8 Å². The molecule has 0 spiro atoms. The Hall–Kier alpha value is -6.71. The summed E-state index contributed by atoms with van der Waals surface area (Å²) in [6.45, 7) is 9.19. The molecule has 0 saturated carbocycles. The first-order chi connectivity index (χ1) is 34.4. The summed E-state index contributed by atoms with van der Waals surface area (Å²) in [5.41, 5.74) is -3.33. The second-order valence-electron chi connectivity index (χ2n) is 19.0. The van der Waals surface area contributed by atoms with Crippen LogP contribution in [0, 0.1) is 13.8 Å². The van der Waals surface area contributed by atoms with E-state index >= 15 is 4.79 Å². The smallest absolute Gasteiger partial charge is 0.416 e. The molecule has 10 nitrogen and oxygen atoms in total. The largest absolute Gasteiger partial charge is 0.469 e. The van der Waals surface area contributed by atoms with E-state index in [0.717, 1.165) is 0 Å². The van der Waals surface area contributed by atoms with Crippen LogP contribution in [-0.2, 0) is 47.3 Å². The summed E-state index contributed by atoms with van der Waals surface area (Å²) in [6.07, 6.45) is -20.2. The van der Waals surface area contributed by atoms with Gasteiger partial charge in [0.15, 0.2) is 0 Å². The van der Waals surface area contributed by atoms with Gasteiger partial charge in [0.05, 0.1) is 58.2 Å². The second-order valence-corrected chi connectivity index (χ2v) is 19.0. The van der Waals surface area contributed by atoms with E-state index in [4.69, 9.17) is 14.7 Å². The topological polar surface area (TPSA) is 133 Å². The number of carbonyl (C=O) groups excluding carboxylic acids is 3. The standard InChI is InChI=1S/C52H48F12N6O4/c1-8-33-22(2)35-19-40-42(26(6)65-20-27-11-29(49(53,54)55)15-30(12-27)50(56,57)58)24(4)37(67-40)17-36-23(3)34(9-10-41(71)74-7)45(68-36)44-46-43(25(5)38(69-46)18-39(33)66-35)47(72)70(48(44)73)21-28-13-31(51(59,60)61)16-32(14-28)52(62,63)64/h11-19,22-23,26,33-34,65,67,69H,8-10,20-21H2,1-7H3/t22?,23?,26?,33?,34-/m0/s1. The van der Waals surface area contributed by atoms with Gasteiger partial charge in [0.2, 0.25) is 0 Å². The van der Waals surface area contributed by atoms with Crippen LogP contribution in [-0.4, -0.2) is 49.7 Å². The third-order valence-electron chi connectivity index (χ3n) is 14.3. The lowest BCUT2D eigenvalue weighted by molar-refractivity contribution is -0.144. The first-order valence-corrected chi connectivity index (χ1v) is 23.4. The zero-order valence-corrected chi connectivity index (χ0v) is 40.6. The lowest BCUT2D eigenvalue weighted by Gasteiger charge is -2.27. The average molecular weight is 1050 g/mol. The van der Waals surface area contributed by atoms with Crippen molar-refractivity contribution in [2.24, 2.45) is 0 Å². The summed E-state index contributed by atoms with van der Waals surface area (Å²) in [5, 5.41) is 3.09. The van der Waals surface area contributed by atoms with Gasteiger partial charge in [-0.2, -0.15) is 52.7 Å². The first-order valence-electron chi connectivity index (χ1n) is 23.4. The number of fused-ring (bicyclic) bond motifs is 8. The van der Waals surface area contributed by atoms with Gasteiger partial charge in [-0.05, 0) is 116 Å². The average Bonchev–Trinajstić information content (AvgIpc) is 4.00. The van der Waals surface area contributed by atoms with Crippen molar-refractivity contribution in [2.45, 2.75) is 128 Å². The molecular formula is C52H48F12N6O4. The molecule has 5 atom stereocenters. The molecule has 0 saturated heterocycles. The van der Waals surface area contributed by atoms with Crippen molar-refractivity contribution < 1.29 is 71.8 Å². The van der Waals surface area contributed by atoms with Crippen molar-refractivity contribution in [3.63, 3.8) is 0 Å². The van der Waals surface area contributed by atoms with Crippen LogP contribution in [0.3, 0.4) is 0 Å². The highest BCUT2D eigenvalue weighted by Gasteiger charge is 2.43. The summed E-state index contributed by atoms with van der Waals surface area (Å²) in [5.74, 6) is -4.65. The number of amides is 2. The Labute approximate surface area is 414 Å². The molecule has 3 aliphatic rings. The van der Waals surface area contributed by atoms with E-state index in [0.29, 0.717) is 80.3 Å². The predicted octanol–water partition coefficient (Wildman–Crippen LogP) is 13.8. The number of hydrogen-bond donors (Lipinski definition) is 3. The fourth-order valence-corrected chi connectivity index (χ4v) is 10.4. The number of methoxy groups -OCH3 is 1. The number of H-pyrrole nitrogens is 2. The monoisotopic (exact) mass is 1050 g/mol. The van der Waals surface area contributed by atoms with Crippen LogP contribution >= 0.6 is 0 Å². The van der Waals surface area contributed by atoms with Gasteiger partial charge in [0.1, 0.15) is 0 Å². The maximum Gasteiger partial charge on any atom is 0.416 e. The normalized spacial score (nSPS) is 18.8. The molecule has 0 radical (unpaired) electrons. The highest BCUT2D eigenvalue weighted by atomic mass is 19.4. The maximum absolute atomic E-state index is 15.1. The van der Waals surface area contributed by atoms with Crippen LogP contribution in [0.4, 0.5) is 52.7 Å². The van der Waals surface area contributed by atoms with Gasteiger partial charge >= 0.3 is 30.7 Å². The zero-order chi connectivity index (χ0) is 54.3. The Morgan fingerprint density at radius 3 is 1.69 bits per heavy atom. The van der Waals surface area contributed by atoms with Gasteiger partial charge in [-0.15, -0.1) is 0 Å². The summed E-state index contributed by atoms with van der Waals surface area (Å²) >= 11 is 0. The number of nitrogens with one attached hydrogen (secondary N) is 3. The molecule has 74 heavy (non-hydrogen) atoms. The molecule has 394 valence electrons. The number of hydrogen-bond acceptors (Lipinski definition) is 7. The number of imide groups is 1. The first kappa shape index (κ1) is 53.6. The second kappa shape index (κ2) is 19.2. The van der Waals surface area contributed by atoms with Crippen molar-refractivity contribution in [1.29, 1.82) is 0 Å². The number of aromatic amines is 2. The Balaban J connectivity index is 1.37. The fourth-order valence-electron chi connectivity index (χ4n) is 10.4. The number of ether oxygens (including phenoxy) is 1. The molecule has 6 heterocycles. The predicted molar refractivity (Wildman–Crippen MR) is 247 cm³/mol. The van der Waals surface area contributed by atoms with Gasteiger partial charge in [-0.3, -0.25) is 29.3 Å².